The van der Waals surface area contributed by atoms with Gasteiger partial charge in [-0.05, 0) is 12.1 Å². The average Bonchev–Trinajstić information content (AvgIpc) is 2.27. The molecule has 16 heavy (non-hydrogen) atoms. The molecule has 1 atom stereocenters. The summed E-state index contributed by atoms with van der Waals surface area (Å²) >= 11 is 0. The van der Waals surface area contributed by atoms with Crippen LogP contribution in [0.25, 0.3) is 5.53 Å². The molecule has 0 radical (unpaired) electrons. The molecular formula is C9H11N3O4. The van der Waals surface area contributed by atoms with Crippen LogP contribution in [0.3, 0.4) is 0 Å². The minimum atomic E-state index is -0.847. The third-order valence-electron chi connectivity index (χ3n) is 1.82. The third-order valence-corrected chi connectivity index (χ3v) is 1.82. The summed E-state index contributed by atoms with van der Waals surface area (Å²) in [5.74, 6) is 0.419. The highest BCUT2D eigenvalue weighted by atomic mass is 16.6. The van der Waals surface area contributed by atoms with E-state index in [1.165, 1.54) is 24.3 Å². The van der Waals surface area contributed by atoms with Crippen LogP contribution in [-0.4, -0.2) is 29.3 Å². The lowest BCUT2D eigenvalue weighted by molar-refractivity contribution is -0.492. The maximum absolute atomic E-state index is 10.4. The second-order valence-corrected chi connectivity index (χ2v) is 3.08. The van der Waals surface area contributed by atoms with Gasteiger partial charge in [0, 0.05) is 12.1 Å². The van der Waals surface area contributed by atoms with Gasteiger partial charge in [-0.2, -0.15) is 0 Å². The summed E-state index contributed by atoms with van der Waals surface area (Å²) in [6, 6.07) is 5.51. The molecule has 1 aromatic carbocycles. The van der Waals surface area contributed by atoms with Gasteiger partial charge >= 0.3 is 0 Å². The summed E-state index contributed by atoms with van der Waals surface area (Å²) < 4.78 is 5.13. The SMILES string of the molecule is [N-]=[NH+]C[C@H](O)COc1ccc([N+](=O)[O-])cc1. The number of rotatable bonds is 6. The first-order valence-electron chi connectivity index (χ1n) is 4.55. The molecule has 0 unspecified atom stereocenters. The predicted octanol–water partition coefficient (Wildman–Crippen LogP) is -0.563. The quantitative estimate of drug-likeness (QED) is 0.384. The first-order chi connectivity index (χ1) is 7.63. The summed E-state index contributed by atoms with van der Waals surface area (Å²) in [5, 5.41) is 21.4. The average molecular weight is 225 g/mol. The number of nitro benzene ring substituents is 1. The van der Waals surface area contributed by atoms with Gasteiger partial charge in [0.1, 0.15) is 18.5 Å². The largest absolute Gasteiger partial charge is 0.508 e. The number of nitrogens with zero attached hydrogens (tertiary/aromatic N) is 2. The van der Waals surface area contributed by atoms with Crippen molar-refractivity contribution in [1.82, 2.24) is 0 Å². The van der Waals surface area contributed by atoms with Gasteiger partial charge in [-0.25, -0.2) is 0 Å². The van der Waals surface area contributed by atoms with Crippen molar-refractivity contribution in [2.75, 3.05) is 13.2 Å². The lowest BCUT2D eigenvalue weighted by atomic mass is 10.3. The standard InChI is InChI=1S/C9H11N3O4/c10-11-5-8(13)6-16-9-3-1-7(2-4-9)12(14)15/h1-4,8,11,13H,5-6H2/t8-/m0/s1. The molecule has 1 aromatic rings. The van der Waals surface area contributed by atoms with E-state index < -0.39 is 11.0 Å². The Hall–Kier alpha value is -2.02. The molecule has 0 aliphatic carbocycles. The number of aliphatic hydroxyl groups is 1. The minimum Gasteiger partial charge on any atom is -0.508 e. The molecule has 0 saturated carbocycles. The summed E-state index contributed by atoms with van der Waals surface area (Å²) in [4.78, 5) is 9.85. The van der Waals surface area contributed by atoms with E-state index in [-0.39, 0.29) is 18.8 Å². The van der Waals surface area contributed by atoms with E-state index in [0.29, 0.717) is 5.75 Å². The number of nitrogens with one attached hydrogen (secondary N) is 1. The first-order valence-corrected chi connectivity index (χ1v) is 4.55. The van der Waals surface area contributed by atoms with E-state index in [9.17, 15) is 15.2 Å². The Morgan fingerprint density at radius 1 is 1.50 bits per heavy atom. The van der Waals surface area contributed by atoms with Crippen LogP contribution in [0, 0.1) is 10.1 Å². The van der Waals surface area contributed by atoms with Crippen LogP contribution < -0.4 is 9.85 Å². The van der Waals surface area contributed by atoms with Gasteiger partial charge in [0.25, 0.3) is 5.69 Å². The third kappa shape index (κ3) is 3.62. The van der Waals surface area contributed by atoms with Crippen molar-refractivity contribution in [1.29, 1.82) is 0 Å². The normalized spacial score (nSPS) is 11.8. The van der Waals surface area contributed by atoms with Crippen LogP contribution in [0.5, 0.6) is 5.75 Å². The second kappa shape index (κ2) is 5.76. The van der Waals surface area contributed by atoms with E-state index in [2.05, 4.69) is 0 Å². The van der Waals surface area contributed by atoms with Crippen molar-refractivity contribution in [3.8, 4) is 5.75 Å². The molecule has 0 heterocycles. The number of hydrogen-bond donors (Lipinski definition) is 2. The number of hydrogen-bond acceptors (Lipinski definition) is 4. The Bertz CT molecular complexity index is 366. The van der Waals surface area contributed by atoms with Gasteiger partial charge in [0.2, 0.25) is 0 Å². The van der Waals surface area contributed by atoms with Crippen molar-refractivity contribution in [2.45, 2.75) is 6.10 Å². The van der Waals surface area contributed by atoms with Crippen LogP contribution in [0.2, 0.25) is 0 Å². The van der Waals surface area contributed by atoms with Crippen LogP contribution in [-0.2, 0) is 0 Å². The highest BCUT2D eigenvalue weighted by Crippen LogP contribution is 2.17. The highest BCUT2D eigenvalue weighted by molar-refractivity contribution is 5.35. The maximum atomic E-state index is 10.4. The van der Waals surface area contributed by atoms with Gasteiger partial charge in [-0.3, -0.25) is 10.1 Å². The Morgan fingerprint density at radius 3 is 2.62 bits per heavy atom. The predicted molar refractivity (Wildman–Crippen MR) is 53.8 cm³/mol. The van der Waals surface area contributed by atoms with Crippen LogP contribution >= 0.6 is 0 Å². The smallest absolute Gasteiger partial charge is 0.269 e. The second-order valence-electron chi connectivity index (χ2n) is 3.08. The van der Waals surface area contributed by atoms with Gasteiger partial charge in [0.15, 0.2) is 6.54 Å². The number of aliphatic hydroxyl groups excluding tert-OH is 1. The molecule has 0 amide bonds. The van der Waals surface area contributed by atoms with Crippen molar-refractivity contribution in [2.24, 2.45) is 0 Å². The summed E-state index contributed by atoms with van der Waals surface area (Å²) in [7, 11) is 0. The van der Waals surface area contributed by atoms with Crippen molar-refractivity contribution in [3.05, 3.63) is 39.9 Å². The molecule has 0 aliphatic rings. The fourth-order valence-corrected chi connectivity index (χ4v) is 1.02. The zero-order valence-electron chi connectivity index (χ0n) is 8.37. The van der Waals surface area contributed by atoms with Gasteiger partial charge in [0.05, 0.1) is 4.92 Å². The highest BCUT2D eigenvalue weighted by Gasteiger charge is 2.07. The molecule has 7 heteroatoms. The minimum absolute atomic E-state index is 0.00696. The van der Waals surface area contributed by atoms with E-state index in [4.69, 9.17) is 10.3 Å². The first kappa shape index (κ1) is 12.1. The topological polar surface area (TPSA) is 109 Å². The number of benzene rings is 1. The van der Waals surface area contributed by atoms with Gasteiger partial charge in [-0.15, -0.1) is 0 Å². The number of nitro groups is 1. The molecule has 0 fully saturated rings. The van der Waals surface area contributed by atoms with E-state index in [1.807, 2.05) is 5.11 Å². The van der Waals surface area contributed by atoms with Crippen molar-refractivity contribution >= 4 is 5.69 Å². The lowest BCUT2D eigenvalue weighted by Crippen LogP contribution is -2.67. The van der Waals surface area contributed by atoms with Gasteiger partial charge < -0.3 is 20.5 Å². The fourth-order valence-electron chi connectivity index (χ4n) is 1.02. The van der Waals surface area contributed by atoms with Gasteiger partial charge in [-0.1, -0.05) is 0 Å². The Kier molecular flexibility index (Phi) is 4.34. The fraction of sp³-hybridized carbons (Fsp3) is 0.333. The van der Waals surface area contributed by atoms with Crippen LogP contribution in [0.15, 0.2) is 24.3 Å². The molecular weight excluding hydrogens is 214 g/mol. The maximum Gasteiger partial charge on any atom is 0.269 e. The molecule has 7 nitrogen and oxygen atoms in total. The molecule has 0 spiro atoms. The lowest BCUT2D eigenvalue weighted by Gasteiger charge is -2.08. The molecule has 2 N–H and O–H groups in total. The molecule has 86 valence electrons. The van der Waals surface area contributed by atoms with Crippen LogP contribution in [0.1, 0.15) is 0 Å². The van der Waals surface area contributed by atoms with E-state index in [1.54, 1.807) is 0 Å². The van der Waals surface area contributed by atoms with Crippen LogP contribution in [0.4, 0.5) is 5.69 Å². The molecule has 0 aromatic heterocycles. The summed E-state index contributed by atoms with van der Waals surface area (Å²) in [5.41, 5.74) is 8.27. The monoisotopic (exact) mass is 225 g/mol. The number of non-ortho nitro benzene ring substituents is 1. The summed E-state index contributed by atoms with van der Waals surface area (Å²) in [6.45, 7) is -0.0155. The molecule has 0 aliphatic heterocycles. The Labute approximate surface area is 91.3 Å². The molecule has 0 bridgehead atoms. The Balaban J connectivity index is 2.49. The zero-order chi connectivity index (χ0) is 12.0. The van der Waals surface area contributed by atoms with E-state index in [0.717, 1.165) is 0 Å². The molecule has 1 rings (SSSR count). The Morgan fingerprint density at radius 2 is 2.12 bits per heavy atom. The summed E-state index contributed by atoms with van der Waals surface area (Å²) in [6.07, 6.45) is -0.847. The molecule has 0 saturated heterocycles. The van der Waals surface area contributed by atoms with Crippen molar-refractivity contribution in [3.63, 3.8) is 0 Å². The van der Waals surface area contributed by atoms with Crippen molar-refractivity contribution < 1.29 is 19.9 Å². The van der Waals surface area contributed by atoms with E-state index >= 15 is 0 Å². The number of ether oxygens (including phenoxy) is 1. The zero-order valence-corrected chi connectivity index (χ0v) is 8.37.